The van der Waals surface area contributed by atoms with Crippen LogP contribution in [0, 0.1) is 0 Å². The normalized spacial score (nSPS) is 17.3. The van der Waals surface area contributed by atoms with Gasteiger partial charge in [-0.1, -0.05) is 36.4 Å². The zero-order valence-electron chi connectivity index (χ0n) is 16.1. The van der Waals surface area contributed by atoms with Gasteiger partial charge in [0.1, 0.15) is 4.21 Å². The van der Waals surface area contributed by atoms with E-state index in [-0.39, 0.29) is 11.9 Å². The van der Waals surface area contributed by atoms with Crippen molar-refractivity contribution >= 4 is 27.3 Å². The molecule has 2 N–H and O–H groups in total. The third-order valence-electron chi connectivity index (χ3n) is 5.05. The fraction of sp³-hybridized carbons (Fsp3) is 0.450. The molecular formula is C20H28N3O3S2+. The molecule has 1 aromatic heterocycles. The molecule has 0 unspecified atom stereocenters. The van der Waals surface area contributed by atoms with Crippen LogP contribution < -0.4 is 10.2 Å². The molecule has 1 amide bonds. The van der Waals surface area contributed by atoms with E-state index in [0.29, 0.717) is 36.9 Å². The van der Waals surface area contributed by atoms with E-state index in [2.05, 4.69) is 17.4 Å². The Morgan fingerprint density at radius 1 is 1.18 bits per heavy atom. The zero-order valence-corrected chi connectivity index (χ0v) is 17.8. The van der Waals surface area contributed by atoms with Crippen molar-refractivity contribution in [2.75, 3.05) is 32.7 Å². The van der Waals surface area contributed by atoms with Gasteiger partial charge in [0.05, 0.1) is 26.2 Å². The molecular weight excluding hydrogens is 394 g/mol. The number of hydrogen-bond donors (Lipinski definition) is 2. The number of carbonyl (C=O) groups is 1. The van der Waals surface area contributed by atoms with Gasteiger partial charge in [-0.15, -0.1) is 11.3 Å². The highest BCUT2D eigenvalue weighted by Crippen LogP contribution is 2.20. The number of quaternary nitrogens is 1. The molecule has 0 bridgehead atoms. The summed E-state index contributed by atoms with van der Waals surface area (Å²) in [6.07, 6.45) is 1.84. The maximum atomic E-state index is 12.6. The molecule has 28 heavy (non-hydrogen) atoms. The van der Waals surface area contributed by atoms with Crippen LogP contribution >= 0.6 is 11.3 Å². The van der Waals surface area contributed by atoms with Crippen molar-refractivity contribution in [2.45, 2.75) is 30.0 Å². The first-order valence-corrected chi connectivity index (χ1v) is 12.0. The van der Waals surface area contributed by atoms with Crippen molar-refractivity contribution in [3.63, 3.8) is 0 Å². The molecule has 2 heterocycles. The maximum Gasteiger partial charge on any atom is 0.275 e. The Labute approximate surface area is 171 Å². The first-order chi connectivity index (χ1) is 13.4. The van der Waals surface area contributed by atoms with E-state index >= 15 is 0 Å². The minimum absolute atomic E-state index is 0.0325. The van der Waals surface area contributed by atoms with E-state index in [4.69, 9.17) is 0 Å². The standard InChI is InChI=1S/C20H27N3O3S2/c1-17(9-10-18-6-3-2-4-7-18)21-19(24)16-22-11-13-23(14-12-22)28(25,26)20-8-5-15-27-20/h2-8,15,17H,9-14,16H2,1H3,(H,21,24)/p+1/t17-/m1/s1. The number of nitrogens with zero attached hydrogens (tertiary/aromatic N) is 1. The smallest absolute Gasteiger partial charge is 0.275 e. The number of nitrogens with one attached hydrogen (secondary N) is 2. The second-order valence-corrected chi connectivity index (χ2v) is 10.4. The number of amides is 1. The van der Waals surface area contributed by atoms with Gasteiger partial charge >= 0.3 is 0 Å². The molecule has 1 aliphatic heterocycles. The fourth-order valence-electron chi connectivity index (χ4n) is 3.41. The van der Waals surface area contributed by atoms with Crippen LogP contribution in [0.4, 0.5) is 0 Å². The number of benzene rings is 1. The lowest BCUT2D eigenvalue weighted by Crippen LogP contribution is -3.15. The van der Waals surface area contributed by atoms with Crippen molar-refractivity contribution in [1.82, 2.24) is 9.62 Å². The van der Waals surface area contributed by atoms with E-state index in [1.165, 1.54) is 21.2 Å². The Bertz CT molecular complexity index is 846. The van der Waals surface area contributed by atoms with Gasteiger partial charge in [-0.05, 0) is 36.8 Å². The molecule has 1 aromatic carbocycles. The van der Waals surface area contributed by atoms with Crippen molar-refractivity contribution in [3.8, 4) is 0 Å². The molecule has 0 saturated carbocycles. The molecule has 0 aliphatic carbocycles. The highest BCUT2D eigenvalue weighted by atomic mass is 32.2. The molecule has 1 fully saturated rings. The van der Waals surface area contributed by atoms with Crippen molar-refractivity contribution < 1.29 is 18.1 Å². The lowest BCUT2D eigenvalue weighted by atomic mass is 10.1. The summed E-state index contributed by atoms with van der Waals surface area (Å²) >= 11 is 1.24. The molecule has 6 nitrogen and oxygen atoms in total. The number of hydrogen-bond acceptors (Lipinski definition) is 4. The van der Waals surface area contributed by atoms with Crippen molar-refractivity contribution in [2.24, 2.45) is 0 Å². The summed E-state index contributed by atoms with van der Waals surface area (Å²) in [7, 11) is -3.39. The van der Waals surface area contributed by atoms with Gasteiger partial charge in [-0.25, -0.2) is 8.42 Å². The van der Waals surface area contributed by atoms with Crippen molar-refractivity contribution in [1.29, 1.82) is 0 Å². The molecule has 0 spiro atoms. The second kappa shape index (κ2) is 9.65. The van der Waals surface area contributed by atoms with Crippen LogP contribution in [-0.2, 0) is 21.2 Å². The van der Waals surface area contributed by atoms with Gasteiger partial charge in [0.2, 0.25) is 0 Å². The molecule has 3 rings (SSSR count). The van der Waals surface area contributed by atoms with Crippen LogP contribution in [0.1, 0.15) is 18.9 Å². The van der Waals surface area contributed by atoms with Crippen LogP contribution in [0.3, 0.4) is 0 Å². The van der Waals surface area contributed by atoms with Crippen molar-refractivity contribution in [3.05, 3.63) is 53.4 Å². The van der Waals surface area contributed by atoms with Crippen LogP contribution in [0.5, 0.6) is 0 Å². The van der Waals surface area contributed by atoms with E-state index in [1.807, 2.05) is 25.1 Å². The third-order valence-corrected chi connectivity index (χ3v) is 8.32. The average Bonchev–Trinajstić information content (AvgIpc) is 3.23. The molecule has 1 saturated heterocycles. The first kappa shape index (κ1) is 21.0. The van der Waals surface area contributed by atoms with Gasteiger partial charge in [0.15, 0.2) is 6.54 Å². The predicted molar refractivity (Wildman–Crippen MR) is 111 cm³/mol. The predicted octanol–water partition coefficient (Wildman–Crippen LogP) is 0.775. The van der Waals surface area contributed by atoms with Crippen LogP contribution in [0.2, 0.25) is 0 Å². The Balaban J connectivity index is 1.40. The van der Waals surface area contributed by atoms with E-state index in [1.54, 1.807) is 17.5 Å². The number of piperazine rings is 1. The molecule has 8 heteroatoms. The number of sulfonamides is 1. The summed E-state index contributed by atoms with van der Waals surface area (Å²) in [6.45, 7) is 4.62. The number of thiophene rings is 1. The van der Waals surface area contributed by atoms with Gasteiger partial charge in [-0.3, -0.25) is 4.79 Å². The van der Waals surface area contributed by atoms with E-state index < -0.39 is 10.0 Å². The summed E-state index contributed by atoms with van der Waals surface area (Å²) in [4.78, 5) is 13.5. The largest absolute Gasteiger partial charge is 0.349 e. The minimum atomic E-state index is -3.39. The Hall–Kier alpha value is -1.74. The monoisotopic (exact) mass is 422 g/mol. The van der Waals surface area contributed by atoms with Crippen LogP contribution in [-0.4, -0.2) is 57.4 Å². The topological polar surface area (TPSA) is 70.9 Å². The van der Waals surface area contributed by atoms with E-state index in [0.717, 1.165) is 17.7 Å². The number of aryl methyl sites for hydroxylation is 1. The highest BCUT2D eigenvalue weighted by Gasteiger charge is 2.31. The summed E-state index contributed by atoms with van der Waals surface area (Å²) in [5, 5.41) is 4.85. The van der Waals surface area contributed by atoms with Crippen LogP contribution in [0.25, 0.3) is 0 Å². The lowest BCUT2D eigenvalue weighted by molar-refractivity contribution is -0.895. The Kier molecular flexibility index (Phi) is 7.23. The molecule has 0 radical (unpaired) electrons. The minimum Gasteiger partial charge on any atom is -0.349 e. The molecule has 2 aromatic rings. The average molecular weight is 423 g/mol. The first-order valence-electron chi connectivity index (χ1n) is 9.65. The zero-order chi connectivity index (χ0) is 20.0. The van der Waals surface area contributed by atoms with Crippen LogP contribution in [0.15, 0.2) is 52.1 Å². The molecule has 1 aliphatic rings. The summed E-state index contributed by atoms with van der Waals surface area (Å²) in [5.41, 5.74) is 1.28. The van der Waals surface area contributed by atoms with Gasteiger partial charge in [0, 0.05) is 6.04 Å². The quantitative estimate of drug-likeness (QED) is 0.660. The Morgan fingerprint density at radius 2 is 1.89 bits per heavy atom. The van der Waals surface area contributed by atoms with Gasteiger partial charge in [0.25, 0.3) is 15.9 Å². The third kappa shape index (κ3) is 5.64. The number of rotatable bonds is 8. The molecule has 152 valence electrons. The SMILES string of the molecule is C[C@H](CCc1ccccc1)NC(=O)C[NH+]1CCN(S(=O)(=O)c2cccs2)CC1. The van der Waals surface area contributed by atoms with E-state index in [9.17, 15) is 13.2 Å². The summed E-state index contributed by atoms with van der Waals surface area (Å²) in [5.74, 6) is 0.0325. The summed E-state index contributed by atoms with van der Waals surface area (Å²) in [6, 6.07) is 13.8. The molecule has 1 atom stereocenters. The lowest BCUT2D eigenvalue weighted by Gasteiger charge is -2.31. The van der Waals surface area contributed by atoms with Gasteiger partial charge in [-0.2, -0.15) is 4.31 Å². The maximum absolute atomic E-state index is 12.6. The Morgan fingerprint density at radius 3 is 2.54 bits per heavy atom. The summed E-state index contributed by atoms with van der Waals surface area (Å²) < 4.78 is 27.0. The fourth-order valence-corrected chi connectivity index (χ4v) is 6.00. The highest BCUT2D eigenvalue weighted by molar-refractivity contribution is 7.91. The second-order valence-electron chi connectivity index (χ2n) is 7.26. The number of carbonyl (C=O) groups excluding carboxylic acids is 1. The van der Waals surface area contributed by atoms with Gasteiger partial charge < -0.3 is 10.2 Å².